The van der Waals surface area contributed by atoms with E-state index in [9.17, 15) is 10.1 Å². The number of nitro benzene ring substituents is 1. The van der Waals surface area contributed by atoms with Crippen LogP contribution in [0, 0.1) is 10.1 Å². The Morgan fingerprint density at radius 2 is 2.33 bits per heavy atom. The van der Waals surface area contributed by atoms with Gasteiger partial charge in [0.2, 0.25) is 0 Å². The summed E-state index contributed by atoms with van der Waals surface area (Å²) < 4.78 is 7.03. The van der Waals surface area contributed by atoms with Gasteiger partial charge in [0, 0.05) is 24.5 Å². The molecular formula is C12H13N3O3. The Hall–Kier alpha value is -2.37. The van der Waals surface area contributed by atoms with Gasteiger partial charge in [-0.1, -0.05) is 6.92 Å². The van der Waals surface area contributed by atoms with Gasteiger partial charge in [0.25, 0.3) is 0 Å². The highest BCUT2D eigenvalue weighted by atomic mass is 16.6. The summed E-state index contributed by atoms with van der Waals surface area (Å²) in [5.74, 6) is 0.273. The van der Waals surface area contributed by atoms with Crippen molar-refractivity contribution in [2.45, 2.75) is 13.3 Å². The summed E-state index contributed by atoms with van der Waals surface area (Å²) in [4.78, 5) is 10.4. The normalized spacial score (nSPS) is 10.3. The van der Waals surface area contributed by atoms with E-state index in [0.29, 0.717) is 6.61 Å². The van der Waals surface area contributed by atoms with Crippen LogP contribution in [0.1, 0.15) is 13.3 Å². The van der Waals surface area contributed by atoms with Crippen LogP contribution < -0.4 is 4.74 Å². The Bertz CT molecular complexity index is 538. The number of hydrogen-bond acceptors (Lipinski definition) is 4. The molecule has 0 bridgehead atoms. The molecule has 1 heterocycles. The lowest BCUT2D eigenvalue weighted by Gasteiger charge is -2.07. The van der Waals surface area contributed by atoms with Gasteiger partial charge in [-0.15, -0.1) is 0 Å². The van der Waals surface area contributed by atoms with Gasteiger partial charge in [-0.3, -0.25) is 10.1 Å². The van der Waals surface area contributed by atoms with Crippen LogP contribution in [0.2, 0.25) is 0 Å². The number of nitro groups is 1. The Labute approximate surface area is 104 Å². The molecule has 18 heavy (non-hydrogen) atoms. The van der Waals surface area contributed by atoms with Gasteiger partial charge in [-0.2, -0.15) is 5.10 Å². The van der Waals surface area contributed by atoms with Crippen LogP contribution in [0.4, 0.5) is 5.69 Å². The molecule has 1 aromatic carbocycles. The second-order valence-corrected chi connectivity index (χ2v) is 3.71. The van der Waals surface area contributed by atoms with Gasteiger partial charge in [0.1, 0.15) is 0 Å². The Morgan fingerprint density at radius 1 is 1.50 bits per heavy atom. The fourth-order valence-corrected chi connectivity index (χ4v) is 1.55. The highest BCUT2D eigenvalue weighted by Gasteiger charge is 2.16. The number of benzene rings is 1. The van der Waals surface area contributed by atoms with Crippen molar-refractivity contribution in [3.8, 4) is 11.4 Å². The molecule has 2 aromatic rings. The first kappa shape index (κ1) is 12.1. The minimum absolute atomic E-state index is 0.0284. The lowest BCUT2D eigenvalue weighted by Crippen LogP contribution is -2.02. The van der Waals surface area contributed by atoms with Crippen LogP contribution in [0.15, 0.2) is 36.7 Å². The van der Waals surface area contributed by atoms with Crippen molar-refractivity contribution in [2.24, 2.45) is 0 Å². The van der Waals surface area contributed by atoms with Crippen molar-refractivity contribution in [1.82, 2.24) is 9.78 Å². The molecule has 0 aliphatic heterocycles. The molecule has 0 fully saturated rings. The maximum absolute atomic E-state index is 10.9. The summed E-state index contributed by atoms with van der Waals surface area (Å²) in [6.07, 6.45) is 4.21. The van der Waals surface area contributed by atoms with Gasteiger partial charge in [0.15, 0.2) is 5.75 Å². The highest BCUT2D eigenvalue weighted by Crippen LogP contribution is 2.29. The van der Waals surface area contributed by atoms with E-state index in [2.05, 4.69) is 5.10 Å². The van der Waals surface area contributed by atoms with Crippen molar-refractivity contribution in [2.75, 3.05) is 6.61 Å². The maximum Gasteiger partial charge on any atom is 0.311 e. The van der Waals surface area contributed by atoms with Gasteiger partial charge < -0.3 is 4.74 Å². The quantitative estimate of drug-likeness (QED) is 0.601. The third-order valence-corrected chi connectivity index (χ3v) is 2.37. The molecular weight excluding hydrogens is 234 g/mol. The number of aromatic nitrogens is 2. The van der Waals surface area contributed by atoms with E-state index in [1.54, 1.807) is 35.3 Å². The fraction of sp³-hybridized carbons (Fsp3) is 0.250. The van der Waals surface area contributed by atoms with E-state index in [-0.39, 0.29) is 11.4 Å². The van der Waals surface area contributed by atoms with Gasteiger partial charge in [-0.05, 0) is 18.6 Å². The van der Waals surface area contributed by atoms with E-state index in [0.717, 1.165) is 12.1 Å². The molecule has 0 aliphatic carbocycles. The molecule has 6 heteroatoms. The monoisotopic (exact) mass is 247 g/mol. The highest BCUT2D eigenvalue weighted by molar-refractivity contribution is 5.52. The summed E-state index contributed by atoms with van der Waals surface area (Å²) in [5, 5.41) is 15.0. The van der Waals surface area contributed by atoms with E-state index in [4.69, 9.17) is 4.74 Å². The SMILES string of the molecule is CCCOc1cc(-n2cccn2)ccc1[N+](=O)[O-]. The van der Waals surface area contributed by atoms with Crippen molar-refractivity contribution in [3.63, 3.8) is 0 Å². The van der Waals surface area contributed by atoms with Gasteiger partial charge >= 0.3 is 5.69 Å². The first-order valence-corrected chi connectivity index (χ1v) is 5.63. The molecule has 0 amide bonds. The number of rotatable bonds is 5. The van der Waals surface area contributed by atoms with Crippen molar-refractivity contribution < 1.29 is 9.66 Å². The lowest BCUT2D eigenvalue weighted by atomic mass is 10.2. The number of hydrogen-bond donors (Lipinski definition) is 0. The smallest absolute Gasteiger partial charge is 0.311 e. The molecule has 0 radical (unpaired) electrons. The van der Waals surface area contributed by atoms with Crippen molar-refractivity contribution in [3.05, 3.63) is 46.8 Å². The van der Waals surface area contributed by atoms with Crippen LogP contribution in [0.3, 0.4) is 0 Å². The zero-order chi connectivity index (χ0) is 13.0. The molecule has 0 saturated carbocycles. The second-order valence-electron chi connectivity index (χ2n) is 3.71. The van der Waals surface area contributed by atoms with Gasteiger partial charge in [-0.25, -0.2) is 4.68 Å². The first-order chi connectivity index (χ1) is 8.72. The predicted molar refractivity (Wildman–Crippen MR) is 66.0 cm³/mol. The Kier molecular flexibility index (Phi) is 3.57. The summed E-state index contributed by atoms with van der Waals surface area (Å²) in [5.41, 5.74) is 0.705. The molecule has 0 N–H and O–H groups in total. The zero-order valence-corrected chi connectivity index (χ0v) is 9.94. The minimum atomic E-state index is -0.447. The maximum atomic E-state index is 10.9. The number of ether oxygens (including phenoxy) is 1. The van der Waals surface area contributed by atoms with E-state index >= 15 is 0 Å². The van der Waals surface area contributed by atoms with E-state index in [1.807, 2.05) is 6.92 Å². The fourth-order valence-electron chi connectivity index (χ4n) is 1.55. The van der Waals surface area contributed by atoms with Crippen molar-refractivity contribution in [1.29, 1.82) is 0 Å². The van der Waals surface area contributed by atoms with Crippen LogP contribution in [0.25, 0.3) is 5.69 Å². The average molecular weight is 247 g/mol. The summed E-state index contributed by atoms with van der Waals surface area (Å²) in [6, 6.07) is 6.49. The van der Waals surface area contributed by atoms with E-state index in [1.165, 1.54) is 6.07 Å². The van der Waals surface area contributed by atoms with Crippen LogP contribution in [-0.4, -0.2) is 21.3 Å². The topological polar surface area (TPSA) is 70.2 Å². The van der Waals surface area contributed by atoms with Crippen LogP contribution >= 0.6 is 0 Å². The third kappa shape index (κ3) is 2.48. The zero-order valence-electron chi connectivity index (χ0n) is 9.94. The molecule has 0 spiro atoms. The summed E-state index contributed by atoms with van der Waals surface area (Å²) in [7, 11) is 0. The molecule has 94 valence electrons. The number of nitrogens with zero attached hydrogens (tertiary/aromatic N) is 3. The molecule has 0 aliphatic rings. The Balaban J connectivity index is 2.38. The van der Waals surface area contributed by atoms with Crippen LogP contribution in [-0.2, 0) is 0 Å². The first-order valence-electron chi connectivity index (χ1n) is 5.63. The molecule has 1 aromatic heterocycles. The predicted octanol–water partition coefficient (Wildman–Crippen LogP) is 2.57. The molecule has 0 atom stereocenters. The second kappa shape index (κ2) is 5.31. The van der Waals surface area contributed by atoms with Crippen LogP contribution in [0.5, 0.6) is 5.75 Å². The lowest BCUT2D eigenvalue weighted by molar-refractivity contribution is -0.385. The van der Waals surface area contributed by atoms with Crippen molar-refractivity contribution >= 4 is 5.69 Å². The molecule has 0 unspecified atom stereocenters. The largest absolute Gasteiger partial charge is 0.487 e. The Morgan fingerprint density at radius 3 is 2.94 bits per heavy atom. The molecule has 2 rings (SSSR count). The van der Waals surface area contributed by atoms with E-state index < -0.39 is 4.92 Å². The van der Waals surface area contributed by atoms with Gasteiger partial charge in [0.05, 0.1) is 17.2 Å². The average Bonchev–Trinajstić information content (AvgIpc) is 2.89. The molecule has 0 saturated heterocycles. The minimum Gasteiger partial charge on any atom is -0.487 e. The standard InChI is InChI=1S/C12H13N3O3/c1-2-8-18-12-9-10(14-7-3-6-13-14)4-5-11(12)15(16)17/h3-7,9H,2,8H2,1H3. The third-order valence-electron chi connectivity index (χ3n) is 2.37. The summed E-state index contributed by atoms with van der Waals surface area (Å²) >= 11 is 0. The molecule has 6 nitrogen and oxygen atoms in total. The summed E-state index contributed by atoms with van der Waals surface area (Å²) in [6.45, 7) is 2.40.